The predicted octanol–water partition coefficient (Wildman–Crippen LogP) is 1.96. The molecule has 0 atom stereocenters. The summed E-state index contributed by atoms with van der Waals surface area (Å²) in [5, 5.41) is 0. The number of nitrogen functional groups attached to an aromatic ring is 1. The summed E-state index contributed by atoms with van der Waals surface area (Å²) in [6.45, 7) is 6.37. The Bertz CT molecular complexity index is 575. The van der Waals surface area contributed by atoms with Crippen LogP contribution in [0.5, 0.6) is 0 Å². The van der Waals surface area contributed by atoms with Crippen molar-refractivity contribution in [2.24, 2.45) is 5.41 Å². The number of rotatable bonds is 4. The summed E-state index contributed by atoms with van der Waals surface area (Å²) in [4.78, 5) is 0.190. The maximum atomic E-state index is 12.2. The first-order valence-electron chi connectivity index (χ1n) is 6.10. The van der Waals surface area contributed by atoms with Crippen molar-refractivity contribution in [3.05, 3.63) is 23.3 Å². The maximum absolute atomic E-state index is 12.2. The van der Waals surface area contributed by atoms with Gasteiger partial charge in [-0.05, 0) is 55.4 Å². The number of aryl methyl sites for hydroxylation is 2. The van der Waals surface area contributed by atoms with Crippen LogP contribution in [-0.4, -0.2) is 15.0 Å². The first kappa shape index (κ1) is 13.4. The van der Waals surface area contributed by atoms with Gasteiger partial charge in [-0.3, -0.25) is 0 Å². The van der Waals surface area contributed by atoms with E-state index in [2.05, 4.69) is 11.6 Å². The van der Waals surface area contributed by atoms with E-state index in [-0.39, 0.29) is 10.3 Å². The first-order chi connectivity index (χ1) is 8.23. The van der Waals surface area contributed by atoms with Crippen molar-refractivity contribution in [3.8, 4) is 0 Å². The average molecular weight is 268 g/mol. The molecule has 0 saturated heterocycles. The van der Waals surface area contributed by atoms with Gasteiger partial charge in [-0.25, -0.2) is 13.1 Å². The average Bonchev–Trinajstić information content (AvgIpc) is 3.00. The summed E-state index contributed by atoms with van der Waals surface area (Å²) in [6.07, 6.45) is 2.16. The van der Waals surface area contributed by atoms with Crippen LogP contribution in [-0.2, 0) is 10.0 Å². The Kier molecular flexibility index (Phi) is 3.15. The number of nitrogens with one attached hydrogen (secondary N) is 1. The van der Waals surface area contributed by atoms with Gasteiger partial charge < -0.3 is 5.73 Å². The monoisotopic (exact) mass is 268 g/mol. The third-order valence-electron chi connectivity index (χ3n) is 3.71. The van der Waals surface area contributed by atoms with Crippen LogP contribution in [0.25, 0.3) is 0 Å². The zero-order valence-corrected chi connectivity index (χ0v) is 11.9. The Morgan fingerprint density at radius 3 is 2.39 bits per heavy atom. The topological polar surface area (TPSA) is 72.2 Å². The van der Waals surface area contributed by atoms with Crippen molar-refractivity contribution in [1.29, 1.82) is 0 Å². The molecule has 0 aromatic heterocycles. The Labute approximate surface area is 109 Å². The molecule has 1 aliphatic carbocycles. The number of nitrogens with two attached hydrogens (primary N) is 1. The fraction of sp³-hybridized carbons (Fsp3) is 0.538. The Morgan fingerprint density at radius 2 is 1.83 bits per heavy atom. The van der Waals surface area contributed by atoms with Gasteiger partial charge in [-0.15, -0.1) is 0 Å². The highest BCUT2D eigenvalue weighted by molar-refractivity contribution is 7.89. The molecular formula is C13H20N2O2S. The van der Waals surface area contributed by atoms with Crippen LogP contribution < -0.4 is 10.5 Å². The van der Waals surface area contributed by atoms with E-state index in [4.69, 9.17) is 5.73 Å². The summed E-state index contributed by atoms with van der Waals surface area (Å²) in [7, 11) is -3.50. The van der Waals surface area contributed by atoms with Gasteiger partial charge in [0.2, 0.25) is 10.0 Å². The van der Waals surface area contributed by atoms with Crippen molar-refractivity contribution >= 4 is 15.7 Å². The summed E-state index contributed by atoms with van der Waals surface area (Å²) >= 11 is 0. The molecule has 0 spiro atoms. The molecule has 18 heavy (non-hydrogen) atoms. The highest BCUT2D eigenvalue weighted by atomic mass is 32.2. The second kappa shape index (κ2) is 4.24. The van der Waals surface area contributed by atoms with E-state index in [0.717, 1.165) is 24.0 Å². The lowest BCUT2D eigenvalue weighted by Gasteiger charge is -2.13. The highest BCUT2D eigenvalue weighted by Crippen LogP contribution is 2.44. The molecule has 0 aliphatic heterocycles. The molecule has 1 aromatic carbocycles. The van der Waals surface area contributed by atoms with E-state index in [9.17, 15) is 8.42 Å². The van der Waals surface area contributed by atoms with Crippen molar-refractivity contribution < 1.29 is 8.42 Å². The van der Waals surface area contributed by atoms with Gasteiger partial charge in [0.05, 0.1) is 5.69 Å². The summed E-state index contributed by atoms with van der Waals surface area (Å²) in [5.74, 6) is 0. The molecule has 1 fully saturated rings. The van der Waals surface area contributed by atoms with Crippen molar-refractivity contribution in [3.63, 3.8) is 0 Å². The maximum Gasteiger partial charge on any atom is 0.242 e. The molecule has 1 aliphatic rings. The first-order valence-corrected chi connectivity index (χ1v) is 7.58. The van der Waals surface area contributed by atoms with Gasteiger partial charge in [-0.1, -0.05) is 6.92 Å². The van der Waals surface area contributed by atoms with Crippen LogP contribution in [0.2, 0.25) is 0 Å². The number of hydrogen-bond acceptors (Lipinski definition) is 3. The molecule has 5 heteroatoms. The molecule has 0 bridgehead atoms. The largest absolute Gasteiger partial charge is 0.398 e. The van der Waals surface area contributed by atoms with Crippen molar-refractivity contribution in [2.75, 3.05) is 12.3 Å². The fourth-order valence-electron chi connectivity index (χ4n) is 1.78. The van der Waals surface area contributed by atoms with Gasteiger partial charge in [0.15, 0.2) is 0 Å². The second-order valence-electron chi connectivity index (χ2n) is 5.61. The molecule has 1 aromatic rings. The number of anilines is 1. The Morgan fingerprint density at radius 1 is 1.28 bits per heavy atom. The molecule has 4 nitrogen and oxygen atoms in total. The van der Waals surface area contributed by atoms with Crippen LogP contribution in [0.1, 0.15) is 30.9 Å². The highest BCUT2D eigenvalue weighted by Gasteiger charge is 2.38. The second-order valence-corrected chi connectivity index (χ2v) is 7.34. The van der Waals surface area contributed by atoms with E-state index in [0.29, 0.717) is 12.2 Å². The Hall–Kier alpha value is -1.07. The van der Waals surface area contributed by atoms with E-state index in [1.165, 1.54) is 0 Å². The summed E-state index contributed by atoms with van der Waals surface area (Å²) < 4.78 is 27.1. The standard InChI is InChI=1S/C13H20N2O2S/c1-9-6-11(14)12(7-10(9)2)18(16,17)15-8-13(3)4-5-13/h6-7,15H,4-5,8,14H2,1-3H3. The van der Waals surface area contributed by atoms with E-state index < -0.39 is 10.0 Å². The van der Waals surface area contributed by atoms with Crippen molar-refractivity contribution in [2.45, 2.75) is 38.5 Å². The minimum absolute atomic E-state index is 0.140. The molecule has 1 saturated carbocycles. The molecule has 100 valence electrons. The quantitative estimate of drug-likeness (QED) is 0.820. The van der Waals surface area contributed by atoms with E-state index >= 15 is 0 Å². The molecule has 0 heterocycles. The van der Waals surface area contributed by atoms with Crippen LogP contribution in [0.15, 0.2) is 17.0 Å². The van der Waals surface area contributed by atoms with E-state index in [1.54, 1.807) is 12.1 Å². The minimum atomic E-state index is -3.50. The minimum Gasteiger partial charge on any atom is -0.398 e. The number of sulfonamides is 1. The smallest absolute Gasteiger partial charge is 0.242 e. The van der Waals surface area contributed by atoms with E-state index in [1.807, 2.05) is 13.8 Å². The Balaban J connectivity index is 2.26. The molecular weight excluding hydrogens is 248 g/mol. The van der Waals surface area contributed by atoms with Gasteiger partial charge >= 0.3 is 0 Å². The predicted molar refractivity (Wildman–Crippen MR) is 72.9 cm³/mol. The van der Waals surface area contributed by atoms with Crippen LogP contribution in [0, 0.1) is 19.3 Å². The summed E-state index contributed by atoms with van der Waals surface area (Å²) in [6, 6.07) is 3.35. The molecule has 0 radical (unpaired) electrons. The molecule has 0 amide bonds. The SMILES string of the molecule is Cc1cc(N)c(S(=O)(=O)NCC2(C)CC2)cc1C. The lowest BCUT2D eigenvalue weighted by Crippen LogP contribution is -2.29. The van der Waals surface area contributed by atoms with Crippen LogP contribution in [0.3, 0.4) is 0 Å². The third-order valence-corrected chi connectivity index (χ3v) is 5.17. The lowest BCUT2D eigenvalue weighted by atomic mass is 10.1. The summed E-state index contributed by atoms with van der Waals surface area (Å²) in [5.41, 5.74) is 8.20. The zero-order chi connectivity index (χ0) is 13.6. The fourth-order valence-corrected chi connectivity index (χ4v) is 3.18. The normalized spacial score (nSPS) is 17.7. The molecule has 2 rings (SSSR count). The van der Waals surface area contributed by atoms with Gasteiger partial charge in [0, 0.05) is 6.54 Å². The van der Waals surface area contributed by atoms with Gasteiger partial charge in [0.1, 0.15) is 4.90 Å². The number of benzene rings is 1. The van der Waals surface area contributed by atoms with Crippen molar-refractivity contribution in [1.82, 2.24) is 4.72 Å². The molecule has 3 N–H and O–H groups in total. The third kappa shape index (κ3) is 2.67. The zero-order valence-electron chi connectivity index (χ0n) is 11.1. The van der Waals surface area contributed by atoms with Gasteiger partial charge in [0.25, 0.3) is 0 Å². The number of hydrogen-bond donors (Lipinski definition) is 2. The van der Waals surface area contributed by atoms with Crippen LogP contribution >= 0.6 is 0 Å². The molecule has 0 unspecified atom stereocenters. The lowest BCUT2D eigenvalue weighted by molar-refractivity contribution is 0.530. The van der Waals surface area contributed by atoms with Gasteiger partial charge in [-0.2, -0.15) is 0 Å². The van der Waals surface area contributed by atoms with Crippen LogP contribution in [0.4, 0.5) is 5.69 Å².